The predicted octanol–water partition coefficient (Wildman–Crippen LogP) is -3.92. The number of imidazole rings is 2. The molecule has 0 amide bonds. The molecule has 0 N–H and O–H groups in total. The van der Waals surface area contributed by atoms with Crippen molar-refractivity contribution in [3.63, 3.8) is 0 Å². The number of allylic oxidation sites excluding steroid dienone is 2. The molecule has 2 aromatic heterocycles. The molecule has 0 unspecified atom stereocenters. The maximum absolute atomic E-state index is 4.13. The van der Waals surface area contributed by atoms with E-state index in [1.54, 1.807) is 0 Å². The Labute approximate surface area is 209 Å². The number of nitrogens with zero attached hydrogens (tertiary/aromatic N) is 4. The second-order valence-corrected chi connectivity index (χ2v) is 5.20. The zero-order valence-corrected chi connectivity index (χ0v) is 20.6. The molecule has 8 heteroatoms. The van der Waals surface area contributed by atoms with Gasteiger partial charge in [-0.05, 0) is 0 Å². The van der Waals surface area contributed by atoms with Crippen LogP contribution in [0.2, 0.25) is 0 Å². The summed E-state index contributed by atoms with van der Waals surface area (Å²) in [7, 11) is 0. The van der Waals surface area contributed by atoms with Crippen LogP contribution in [0.25, 0.3) is 22.1 Å². The Balaban J connectivity index is -0.000000400. The van der Waals surface area contributed by atoms with Crippen LogP contribution in [0.4, 0.5) is 0 Å². The summed E-state index contributed by atoms with van der Waals surface area (Å²) in [5.74, 6) is 0. The van der Waals surface area contributed by atoms with Gasteiger partial charge in [-0.1, -0.05) is 72.3 Å². The summed E-state index contributed by atoms with van der Waals surface area (Å²) in [6.45, 7) is 12.9. The minimum atomic E-state index is 0. The van der Waals surface area contributed by atoms with Gasteiger partial charge >= 0.3 is 0 Å². The maximum Gasteiger partial charge on any atom is 0.0177 e. The maximum atomic E-state index is 4.13. The number of benzene rings is 2. The first-order valence-electron chi connectivity index (χ1n) is 8.71. The number of aromatic nitrogens is 4. The minimum absolute atomic E-state index is 0. The van der Waals surface area contributed by atoms with Gasteiger partial charge < -0.3 is 56.3 Å². The molecule has 30 heavy (non-hydrogen) atoms. The Morgan fingerprint density at radius 3 is 1.40 bits per heavy atom. The molecule has 0 fully saturated rings. The van der Waals surface area contributed by atoms with E-state index < -0.39 is 0 Å². The van der Waals surface area contributed by atoms with Crippen molar-refractivity contribution in [3.8, 4) is 0 Å². The van der Waals surface area contributed by atoms with Gasteiger partial charge in [-0.3, -0.25) is 0 Å². The smallest absolute Gasteiger partial charge is 0.0177 e. The van der Waals surface area contributed by atoms with Gasteiger partial charge in [0.1, 0.15) is 0 Å². The number of halogens is 3. The Bertz CT molecular complexity index is 903. The third kappa shape index (κ3) is 8.59. The normalized spacial score (nSPS) is 8.47. The summed E-state index contributed by atoms with van der Waals surface area (Å²) in [6, 6.07) is 16.0. The summed E-state index contributed by atoms with van der Waals surface area (Å²) < 4.78 is 3.89. The van der Waals surface area contributed by atoms with E-state index in [2.05, 4.69) is 35.8 Å². The Morgan fingerprint density at radius 2 is 1.07 bits per heavy atom. The van der Waals surface area contributed by atoms with Crippen LogP contribution in [0.3, 0.4) is 0 Å². The molecule has 2 aromatic carbocycles. The quantitative estimate of drug-likeness (QED) is 0.212. The van der Waals surface area contributed by atoms with Crippen molar-refractivity contribution in [2.75, 3.05) is 0 Å². The molecule has 0 aliphatic carbocycles. The average Bonchev–Trinajstić information content (AvgIpc) is 3.30. The van der Waals surface area contributed by atoms with Crippen LogP contribution in [0.15, 0.2) is 73.8 Å². The minimum Gasteiger partial charge on any atom is -1.00 e. The molecule has 0 aliphatic heterocycles. The molecule has 1 radical (unpaired) electrons. The third-order valence-electron chi connectivity index (χ3n) is 3.55. The molecule has 0 saturated carbocycles. The van der Waals surface area contributed by atoms with Crippen molar-refractivity contribution in [1.82, 2.24) is 19.1 Å². The van der Waals surface area contributed by atoms with E-state index in [4.69, 9.17) is 0 Å². The summed E-state index contributed by atoms with van der Waals surface area (Å²) in [4.78, 5) is 8.25. The van der Waals surface area contributed by atoms with E-state index in [-0.39, 0.29) is 55.8 Å². The largest absolute Gasteiger partial charge is 1.00 e. The fourth-order valence-electron chi connectivity index (χ4n) is 2.45. The number of rotatable bonds is 4. The van der Waals surface area contributed by atoms with Crippen LogP contribution >= 0.6 is 0 Å². The van der Waals surface area contributed by atoms with Crippen LogP contribution in [-0.2, 0) is 31.6 Å². The summed E-state index contributed by atoms with van der Waals surface area (Å²) in [5, 5.41) is 0. The van der Waals surface area contributed by atoms with Crippen molar-refractivity contribution in [1.29, 1.82) is 0 Å². The molecule has 0 aliphatic rings. The molecule has 2 heterocycles. The van der Waals surface area contributed by atoms with Gasteiger partial charge in [0.2, 0.25) is 0 Å². The van der Waals surface area contributed by atoms with Crippen LogP contribution in [0.1, 0.15) is 13.8 Å². The van der Waals surface area contributed by atoms with Crippen LogP contribution < -0.4 is 37.2 Å². The zero-order valence-electron chi connectivity index (χ0n) is 17.0. The Hall–Kier alpha value is -1.69. The topological polar surface area (TPSA) is 35.6 Å². The zero-order chi connectivity index (χ0) is 18.8. The number of hydrogen-bond donors (Lipinski definition) is 0. The van der Waals surface area contributed by atoms with Crippen molar-refractivity contribution in [3.05, 3.63) is 86.5 Å². The van der Waals surface area contributed by atoms with Gasteiger partial charge in [-0.25, -0.2) is 0 Å². The SMILES string of the molecule is C=CCn1[c-]nc2ccccc21.C=CCn1[c-]nc2ccccc21.CC.[Cl-].[Cl-].[Cl-].[V]. The van der Waals surface area contributed by atoms with Crippen molar-refractivity contribution in [2.24, 2.45) is 0 Å². The molecule has 0 bridgehead atoms. The molecule has 0 saturated heterocycles. The van der Waals surface area contributed by atoms with Gasteiger partial charge in [-0.2, -0.15) is 0 Å². The van der Waals surface area contributed by atoms with Crippen molar-refractivity contribution in [2.45, 2.75) is 26.9 Å². The van der Waals surface area contributed by atoms with Gasteiger partial charge in [0.15, 0.2) is 0 Å². The second-order valence-electron chi connectivity index (χ2n) is 5.20. The summed E-state index contributed by atoms with van der Waals surface area (Å²) in [6.07, 6.45) is 9.50. The third-order valence-corrected chi connectivity index (χ3v) is 3.55. The van der Waals surface area contributed by atoms with E-state index in [1.165, 1.54) is 0 Å². The molecule has 4 nitrogen and oxygen atoms in total. The fraction of sp³-hybridized carbons (Fsp3) is 0.182. The molecule has 4 rings (SSSR count). The second kappa shape index (κ2) is 18.1. The average molecular weight is 502 g/mol. The van der Waals surface area contributed by atoms with Crippen LogP contribution in [0, 0.1) is 12.7 Å². The Kier molecular flexibility index (Phi) is 19.9. The Morgan fingerprint density at radius 1 is 0.733 bits per heavy atom. The van der Waals surface area contributed by atoms with E-state index in [0.29, 0.717) is 0 Å². The molecule has 0 spiro atoms. The first kappa shape index (κ1) is 33.0. The van der Waals surface area contributed by atoms with Crippen LogP contribution in [-0.4, -0.2) is 19.1 Å². The number of hydrogen-bond acceptors (Lipinski definition) is 2. The molecule has 163 valence electrons. The van der Waals surface area contributed by atoms with Gasteiger partial charge in [0.25, 0.3) is 0 Å². The predicted molar refractivity (Wildman–Crippen MR) is 109 cm³/mol. The molecular formula is C22H24Cl3N4V-5. The van der Waals surface area contributed by atoms with Gasteiger partial charge in [-0.15, -0.1) is 37.4 Å². The monoisotopic (exact) mass is 500 g/mol. The van der Waals surface area contributed by atoms with Gasteiger partial charge in [0.05, 0.1) is 0 Å². The summed E-state index contributed by atoms with van der Waals surface area (Å²) >= 11 is 0. The van der Waals surface area contributed by atoms with E-state index in [0.717, 1.165) is 35.2 Å². The number of para-hydroxylation sites is 4. The molecule has 4 aromatic rings. The van der Waals surface area contributed by atoms with Crippen LogP contribution in [0.5, 0.6) is 0 Å². The first-order chi connectivity index (χ1) is 12.8. The van der Waals surface area contributed by atoms with E-state index >= 15 is 0 Å². The van der Waals surface area contributed by atoms with E-state index in [9.17, 15) is 0 Å². The molecule has 0 atom stereocenters. The van der Waals surface area contributed by atoms with Gasteiger partial charge in [0, 0.05) is 44.3 Å². The van der Waals surface area contributed by atoms with Crippen molar-refractivity contribution < 1.29 is 55.8 Å². The van der Waals surface area contributed by atoms with E-state index in [1.807, 2.05) is 83.7 Å². The van der Waals surface area contributed by atoms with Crippen molar-refractivity contribution >= 4 is 22.1 Å². The fourth-order valence-corrected chi connectivity index (χ4v) is 2.45. The standard InChI is InChI=1S/2C10H9N2.C2H6.3ClH.V/c2*1-2-7-12-8-11-9-5-3-4-6-10(9)12;1-2;;;;/h2*2-6H,1,7H2;1-2H3;3*1H;/q2*-1;;;;;/p-3. The number of fused-ring (bicyclic) bond motifs is 2. The first-order valence-corrected chi connectivity index (χ1v) is 8.71. The summed E-state index contributed by atoms with van der Waals surface area (Å²) in [5.41, 5.74) is 4.19. The molecular weight excluding hydrogens is 478 g/mol.